The van der Waals surface area contributed by atoms with Gasteiger partial charge in [-0.15, -0.1) is 9.42 Å². The molecule has 6 atom stereocenters. The molecule has 1 aromatic rings. The van der Waals surface area contributed by atoms with E-state index in [2.05, 4.69) is 18.6 Å². The van der Waals surface area contributed by atoms with Crippen LogP contribution >= 0.6 is 24.3 Å². The summed E-state index contributed by atoms with van der Waals surface area (Å²) in [6.07, 6.45) is -2.71. The molecular weight excluding hydrogens is 483 g/mol. The van der Waals surface area contributed by atoms with Gasteiger partial charge in [0.1, 0.15) is 24.6 Å². The molecule has 3 rings (SSSR count). The van der Waals surface area contributed by atoms with Gasteiger partial charge in [-0.1, -0.05) is 0 Å². The quantitative estimate of drug-likeness (QED) is 0.277. The Labute approximate surface area is 176 Å². The molecule has 0 aliphatic carbocycles. The number of aliphatic hydroxyl groups excluding tert-OH is 1. The second-order valence-corrected chi connectivity index (χ2v) is 9.84. The maximum absolute atomic E-state index is 12.3. The van der Waals surface area contributed by atoms with Gasteiger partial charge >= 0.3 is 24.3 Å². The molecule has 6 N–H and O–H groups in total. The van der Waals surface area contributed by atoms with Gasteiger partial charge in [-0.3, -0.25) is 14.7 Å². The number of phosphoric acid groups is 1. The van der Waals surface area contributed by atoms with Crippen LogP contribution in [-0.2, 0) is 31.6 Å². The van der Waals surface area contributed by atoms with E-state index in [9.17, 15) is 23.6 Å². The van der Waals surface area contributed by atoms with Gasteiger partial charge in [0.25, 0.3) is 5.56 Å². The van der Waals surface area contributed by atoms with Gasteiger partial charge < -0.3 is 25.4 Å². The fourth-order valence-corrected chi connectivity index (χ4v) is 5.39. The molecule has 0 bridgehead atoms. The van der Waals surface area contributed by atoms with Crippen molar-refractivity contribution in [3.8, 4) is 0 Å². The number of aromatic amines is 1. The zero-order valence-electron chi connectivity index (χ0n) is 15.9. The lowest BCUT2D eigenvalue weighted by Crippen LogP contribution is -2.39. The Hall–Kier alpha value is -1.57. The molecule has 2 aliphatic heterocycles. The molecule has 1 aromatic heterocycles. The number of aliphatic hydroxyl groups is 1. The summed E-state index contributed by atoms with van der Waals surface area (Å²) in [5, 5.41) is 10.3. The standard InChI is InChI=1S/C12H18N5O11P3/c1-2-16-5-17(10-9(16)11(19)15-12(13)14-10)8-3-6(18)7(26-8)4-25-30(22)28-31(23,24)27-29(20)21/h6-8,18H,2-5H2,1H3,(H3-2,13,14,15,19,20,21,23,24)/p+2. The zero-order valence-corrected chi connectivity index (χ0v) is 18.6. The Morgan fingerprint density at radius 3 is 2.77 bits per heavy atom. The zero-order chi connectivity index (χ0) is 22.9. The van der Waals surface area contributed by atoms with Crippen LogP contribution in [0.2, 0.25) is 0 Å². The number of ether oxygens (including phenoxy) is 1. The van der Waals surface area contributed by atoms with Crippen LogP contribution in [-0.4, -0.2) is 63.1 Å². The number of nitrogens with zero attached hydrogens (tertiary/aromatic N) is 3. The highest BCUT2D eigenvalue weighted by atomic mass is 31.3. The average molecular weight is 503 g/mol. The van der Waals surface area contributed by atoms with Crippen LogP contribution in [0.4, 0.5) is 17.5 Å². The van der Waals surface area contributed by atoms with Gasteiger partial charge in [0.05, 0.1) is 12.8 Å². The van der Waals surface area contributed by atoms with Gasteiger partial charge in [0.15, 0.2) is 5.82 Å². The summed E-state index contributed by atoms with van der Waals surface area (Å²) in [6, 6.07) is 0. The van der Waals surface area contributed by atoms with Crippen molar-refractivity contribution in [3.05, 3.63) is 10.4 Å². The molecule has 0 saturated carbocycles. The predicted octanol–water partition coefficient (Wildman–Crippen LogP) is -0.111. The highest BCUT2D eigenvalue weighted by Crippen LogP contribution is 2.57. The lowest BCUT2D eigenvalue weighted by molar-refractivity contribution is -0.0165. The molecular formula is C12H20N5O11P3+2. The first-order valence-electron chi connectivity index (χ1n) is 8.74. The Balaban J connectivity index is 1.63. The molecule has 19 heteroatoms. The molecule has 3 heterocycles. The maximum Gasteiger partial charge on any atom is 0.708 e. The summed E-state index contributed by atoms with van der Waals surface area (Å²) >= 11 is 0. The number of fused-ring (bicyclic) bond motifs is 1. The lowest BCUT2D eigenvalue weighted by atomic mass is 10.2. The van der Waals surface area contributed by atoms with Crippen LogP contribution < -0.4 is 21.1 Å². The van der Waals surface area contributed by atoms with Gasteiger partial charge in [-0.05, 0) is 6.92 Å². The second-order valence-electron chi connectivity index (χ2n) is 6.41. The van der Waals surface area contributed by atoms with Gasteiger partial charge in [0.2, 0.25) is 5.95 Å². The molecule has 31 heavy (non-hydrogen) atoms. The number of nitrogen functional groups attached to an aromatic ring is 1. The fraction of sp³-hybridized carbons (Fsp3) is 0.667. The molecule has 0 spiro atoms. The Kier molecular flexibility index (Phi) is 7.39. The molecule has 0 radical (unpaired) electrons. The van der Waals surface area contributed by atoms with Crippen molar-refractivity contribution < 1.29 is 46.5 Å². The van der Waals surface area contributed by atoms with E-state index >= 15 is 0 Å². The minimum absolute atomic E-state index is 0.0837. The monoisotopic (exact) mass is 503 g/mol. The summed E-state index contributed by atoms with van der Waals surface area (Å²) in [5.41, 5.74) is 5.53. The summed E-state index contributed by atoms with van der Waals surface area (Å²) in [6.45, 7) is 2.09. The first-order chi connectivity index (χ1) is 14.5. The molecule has 16 nitrogen and oxygen atoms in total. The third-order valence-electron chi connectivity index (χ3n) is 4.43. The smallest absolute Gasteiger partial charge is 0.390 e. The van der Waals surface area contributed by atoms with E-state index in [0.717, 1.165) is 0 Å². The maximum atomic E-state index is 12.3. The number of hydrogen-bond acceptors (Lipinski definition) is 13. The first-order valence-corrected chi connectivity index (χ1v) is 12.5. The lowest BCUT2D eigenvalue weighted by Gasteiger charge is -2.25. The molecule has 2 aliphatic rings. The number of H-pyrrole nitrogens is 1. The van der Waals surface area contributed by atoms with Crippen molar-refractivity contribution in [1.82, 2.24) is 9.97 Å². The topological polar surface area (TPSA) is 227 Å². The van der Waals surface area contributed by atoms with Crippen molar-refractivity contribution in [2.75, 3.05) is 35.4 Å². The van der Waals surface area contributed by atoms with Crippen molar-refractivity contribution >= 4 is 41.8 Å². The van der Waals surface area contributed by atoms with E-state index < -0.39 is 54.9 Å². The van der Waals surface area contributed by atoms with E-state index in [0.29, 0.717) is 12.2 Å². The van der Waals surface area contributed by atoms with Gasteiger partial charge in [-0.25, -0.2) is 4.57 Å². The van der Waals surface area contributed by atoms with Crippen LogP contribution in [0.25, 0.3) is 0 Å². The summed E-state index contributed by atoms with van der Waals surface area (Å²) in [7, 11) is -11.8. The SMILES string of the molecule is CCN1CN(C2CC(O)C(CO[P+](=O)OP(=O)(O)O[P+](=O)O)O2)c2nc(N)[nH]c(=O)c21. The van der Waals surface area contributed by atoms with Gasteiger partial charge in [0, 0.05) is 30.7 Å². The normalized spacial score (nSPS) is 26.0. The molecule has 172 valence electrons. The number of nitrogens with two attached hydrogens (primary N) is 1. The van der Waals surface area contributed by atoms with E-state index in [1.165, 1.54) is 0 Å². The number of nitrogens with one attached hydrogen (secondary N) is 1. The number of rotatable bonds is 9. The third kappa shape index (κ3) is 5.62. The summed E-state index contributed by atoms with van der Waals surface area (Å²) in [5.74, 6) is 0.201. The van der Waals surface area contributed by atoms with Crippen LogP contribution in [0.1, 0.15) is 13.3 Å². The molecule has 0 aromatic carbocycles. The van der Waals surface area contributed by atoms with Gasteiger partial charge in [-0.2, -0.15) is 4.98 Å². The number of hydrogen-bond donors (Lipinski definition) is 5. The average Bonchev–Trinajstić information content (AvgIpc) is 3.18. The van der Waals surface area contributed by atoms with E-state index in [1.54, 1.807) is 9.80 Å². The van der Waals surface area contributed by atoms with Crippen molar-refractivity contribution in [1.29, 1.82) is 0 Å². The minimum Gasteiger partial charge on any atom is -0.390 e. The Morgan fingerprint density at radius 2 is 2.13 bits per heavy atom. The van der Waals surface area contributed by atoms with Crippen LogP contribution in [0.5, 0.6) is 0 Å². The Bertz CT molecular complexity index is 976. The minimum atomic E-state index is -5.08. The van der Waals surface area contributed by atoms with Crippen LogP contribution in [0.15, 0.2) is 4.79 Å². The molecule has 6 unspecified atom stereocenters. The van der Waals surface area contributed by atoms with Crippen molar-refractivity contribution in [3.63, 3.8) is 0 Å². The van der Waals surface area contributed by atoms with E-state index in [-0.39, 0.29) is 24.9 Å². The summed E-state index contributed by atoms with van der Waals surface area (Å²) in [4.78, 5) is 39.8. The van der Waals surface area contributed by atoms with Crippen molar-refractivity contribution in [2.45, 2.75) is 31.8 Å². The van der Waals surface area contributed by atoms with Crippen LogP contribution in [0, 0.1) is 0 Å². The molecule has 0 amide bonds. The highest BCUT2D eigenvalue weighted by Gasteiger charge is 2.47. The molecule has 1 saturated heterocycles. The molecule has 1 fully saturated rings. The second kappa shape index (κ2) is 9.51. The Morgan fingerprint density at radius 1 is 1.42 bits per heavy atom. The van der Waals surface area contributed by atoms with E-state index in [1.807, 2.05) is 6.92 Å². The third-order valence-corrected chi connectivity index (χ3v) is 7.53. The van der Waals surface area contributed by atoms with E-state index in [4.69, 9.17) is 24.8 Å². The first kappa shape index (κ1) is 24.1. The highest BCUT2D eigenvalue weighted by molar-refractivity contribution is 7.61. The largest absolute Gasteiger partial charge is 0.708 e. The summed E-state index contributed by atoms with van der Waals surface area (Å²) < 4.78 is 51.7. The predicted molar refractivity (Wildman–Crippen MR) is 104 cm³/mol. The van der Waals surface area contributed by atoms with Crippen LogP contribution in [0.3, 0.4) is 0 Å². The number of aromatic nitrogens is 2. The number of anilines is 3. The van der Waals surface area contributed by atoms with Crippen molar-refractivity contribution in [2.24, 2.45) is 0 Å². The fourth-order valence-electron chi connectivity index (χ4n) is 3.17.